The molecule has 0 aromatic carbocycles. The number of hydrogen-bond acceptors (Lipinski definition) is 2. The van der Waals surface area contributed by atoms with Crippen LogP contribution in [0, 0.1) is 0 Å². The minimum absolute atomic E-state index is 0.527. The van der Waals surface area contributed by atoms with Gasteiger partial charge in [0.2, 0.25) is 0 Å². The van der Waals surface area contributed by atoms with Gasteiger partial charge in [0.15, 0.2) is 11.1 Å². The van der Waals surface area contributed by atoms with Crippen LogP contribution in [0.25, 0.3) is 0 Å². The van der Waals surface area contributed by atoms with E-state index in [0.29, 0.717) is 12.8 Å². The van der Waals surface area contributed by atoms with Crippen molar-refractivity contribution in [3.63, 3.8) is 0 Å². The summed E-state index contributed by atoms with van der Waals surface area (Å²) in [6, 6.07) is -0.732. The van der Waals surface area contributed by atoms with Gasteiger partial charge in [-0.05, 0) is 12.8 Å². The van der Waals surface area contributed by atoms with Crippen molar-refractivity contribution >= 4 is 17.1 Å². The zero-order valence-corrected chi connectivity index (χ0v) is 8.10. The number of rotatable bonds is 2. The highest BCUT2D eigenvalue weighted by Crippen LogP contribution is 2.30. The summed E-state index contributed by atoms with van der Waals surface area (Å²) in [5.74, 6) is 0. The van der Waals surface area contributed by atoms with Crippen molar-refractivity contribution in [1.82, 2.24) is 5.32 Å². The molecule has 0 saturated heterocycles. The van der Waals surface area contributed by atoms with Crippen molar-refractivity contribution in [3.05, 3.63) is 0 Å². The summed E-state index contributed by atoms with van der Waals surface area (Å²) in [6.45, 7) is 0. The molecule has 4 N–H and O–H groups in total. The second-order valence-electron chi connectivity index (χ2n) is 3.29. The summed E-state index contributed by atoms with van der Waals surface area (Å²) in [7, 11) is 0. The van der Waals surface area contributed by atoms with Gasteiger partial charge in [0.05, 0.1) is 0 Å². The summed E-state index contributed by atoms with van der Waals surface area (Å²) >= 11 is -2.04. The van der Waals surface area contributed by atoms with Crippen LogP contribution in [-0.2, 0) is 11.1 Å². The molecule has 0 radical (unpaired) electrons. The molecule has 1 saturated carbocycles. The van der Waals surface area contributed by atoms with Crippen LogP contribution in [0.4, 0.5) is 4.79 Å². The molecule has 0 bridgehead atoms. The van der Waals surface area contributed by atoms with Crippen LogP contribution in [0.15, 0.2) is 0 Å². The molecule has 0 aromatic rings. The molecule has 0 heterocycles. The number of hydrogen-bond donors (Lipinski definition) is 3. The number of carbonyl (C=O) groups excluding carboxylic acids is 1. The van der Waals surface area contributed by atoms with Gasteiger partial charge in [0.25, 0.3) is 0 Å². The van der Waals surface area contributed by atoms with Gasteiger partial charge in [-0.2, -0.15) is 0 Å². The molecule has 76 valence electrons. The van der Waals surface area contributed by atoms with Crippen molar-refractivity contribution < 1.29 is 13.6 Å². The maximum absolute atomic E-state index is 11.1. The van der Waals surface area contributed by atoms with E-state index in [9.17, 15) is 9.00 Å². The van der Waals surface area contributed by atoms with E-state index in [2.05, 4.69) is 5.32 Å². The highest BCUT2D eigenvalue weighted by molar-refractivity contribution is 7.80. The molecule has 1 aliphatic rings. The predicted octanol–water partition coefficient (Wildman–Crippen LogP) is 0.537. The zero-order valence-electron chi connectivity index (χ0n) is 7.28. The number of amides is 2. The van der Waals surface area contributed by atoms with Gasteiger partial charge < -0.3 is 15.6 Å². The van der Waals surface area contributed by atoms with E-state index in [4.69, 9.17) is 10.3 Å². The van der Waals surface area contributed by atoms with Crippen LogP contribution in [0.2, 0.25) is 0 Å². The van der Waals surface area contributed by atoms with Crippen molar-refractivity contribution in [2.24, 2.45) is 5.73 Å². The molecule has 1 fully saturated rings. The maximum atomic E-state index is 11.1. The number of nitrogens with one attached hydrogen (secondary N) is 1. The molecule has 1 rings (SSSR count). The van der Waals surface area contributed by atoms with Crippen molar-refractivity contribution in [2.45, 2.75) is 37.0 Å². The van der Waals surface area contributed by atoms with Gasteiger partial charge in [-0.3, -0.25) is 0 Å². The van der Waals surface area contributed by atoms with Crippen LogP contribution in [0.5, 0.6) is 0 Å². The van der Waals surface area contributed by atoms with E-state index in [1.165, 1.54) is 0 Å². The Bertz CT molecular complexity index is 226. The quantitative estimate of drug-likeness (QED) is 0.575. The molecule has 5 nitrogen and oxygen atoms in total. The molecule has 6 heteroatoms. The van der Waals surface area contributed by atoms with E-state index >= 15 is 0 Å². The van der Waals surface area contributed by atoms with Crippen molar-refractivity contribution in [3.8, 4) is 0 Å². The Hall–Kier alpha value is -0.620. The standard InChI is InChI=1S/C7H14N2O3S/c8-6(10)9-7(13(11)12)4-2-1-3-5-7/h1-5H2,(H,11,12)(H3,8,9,10). The third-order valence-corrected chi connectivity index (χ3v) is 3.53. The fourth-order valence-electron chi connectivity index (χ4n) is 1.69. The first-order valence-corrected chi connectivity index (χ1v) is 5.36. The van der Waals surface area contributed by atoms with Gasteiger partial charge in [0, 0.05) is 0 Å². The minimum atomic E-state index is -2.04. The topological polar surface area (TPSA) is 92.4 Å². The Morgan fingerprint density at radius 3 is 2.31 bits per heavy atom. The summed E-state index contributed by atoms with van der Waals surface area (Å²) in [5, 5.41) is 2.38. The van der Waals surface area contributed by atoms with Crippen LogP contribution in [-0.4, -0.2) is 19.7 Å². The third kappa shape index (κ3) is 2.41. The fourth-order valence-corrected chi connectivity index (χ4v) is 2.52. The zero-order chi connectivity index (χ0) is 9.90. The fraction of sp³-hybridized carbons (Fsp3) is 0.857. The van der Waals surface area contributed by atoms with E-state index in [0.717, 1.165) is 19.3 Å². The molecule has 1 unspecified atom stereocenters. The number of carbonyl (C=O) groups is 1. The summed E-state index contributed by atoms with van der Waals surface area (Å²) < 4.78 is 20.1. The molecule has 1 atom stereocenters. The summed E-state index contributed by atoms with van der Waals surface area (Å²) in [5.41, 5.74) is 4.95. The molecule has 0 aliphatic heterocycles. The first-order valence-electron chi connectivity index (χ1n) is 4.25. The summed E-state index contributed by atoms with van der Waals surface area (Å²) in [4.78, 5) is 9.65. The first-order chi connectivity index (χ1) is 6.07. The Labute approximate surface area is 79.4 Å². The average molecular weight is 206 g/mol. The number of urea groups is 1. The monoisotopic (exact) mass is 206 g/mol. The highest BCUT2D eigenvalue weighted by Gasteiger charge is 2.38. The molecule has 0 aromatic heterocycles. The van der Waals surface area contributed by atoms with Gasteiger partial charge in [-0.25, -0.2) is 9.00 Å². The Balaban J connectivity index is 2.73. The van der Waals surface area contributed by atoms with Crippen molar-refractivity contribution in [1.29, 1.82) is 0 Å². The predicted molar refractivity (Wildman–Crippen MR) is 49.3 cm³/mol. The molecular formula is C7H14N2O3S. The highest BCUT2D eigenvalue weighted by atomic mass is 32.2. The van der Waals surface area contributed by atoms with E-state index in [1.807, 2.05) is 0 Å². The Morgan fingerprint density at radius 2 is 1.92 bits per heavy atom. The molecular weight excluding hydrogens is 192 g/mol. The van der Waals surface area contributed by atoms with Gasteiger partial charge in [-0.1, -0.05) is 19.3 Å². The Kier molecular flexibility index (Phi) is 3.27. The van der Waals surface area contributed by atoms with Crippen LogP contribution < -0.4 is 11.1 Å². The second-order valence-corrected chi connectivity index (χ2v) is 4.57. The summed E-state index contributed by atoms with van der Waals surface area (Å²) in [6.07, 6.45) is 3.80. The van der Waals surface area contributed by atoms with E-state index in [1.54, 1.807) is 0 Å². The lowest BCUT2D eigenvalue weighted by molar-refractivity contribution is 0.233. The normalized spacial score (nSPS) is 23.5. The van der Waals surface area contributed by atoms with Gasteiger partial charge in [-0.15, -0.1) is 0 Å². The SMILES string of the molecule is NC(=O)NC1(S(=O)O)CCCCC1. The lowest BCUT2D eigenvalue weighted by Gasteiger charge is -2.33. The first kappa shape index (κ1) is 10.5. The van der Waals surface area contributed by atoms with Gasteiger partial charge in [0.1, 0.15) is 4.87 Å². The lowest BCUT2D eigenvalue weighted by Crippen LogP contribution is -2.54. The average Bonchev–Trinajstić information content (AvgIpc) is 2.04. The minimum Gasteiger partial charge on any atom is -0.352 e. The van der Waals surface area contributed by atoms with Gasteiger partial charge >= 0.3 is 6.03 Å². The smallest absolute Gasteiger partial charge is 0.313 e. The van der Waals surface area contributed by atoms with Crippen LogP contribution in [0.1, 0.15) is 32.1 Å². The van der Waals surface area contributed by atoms with Crippen LogP contribution in [0.3, 0.4) is 0 Å². The lowest BCUT2D eigenvalue weighted by atomic mass is 9.95. The van der Waals surface area contributed by atoms with Crippen LogP contribution >= 0.6 is 0 Å². The number of nitrogens with two attached hydrogens (primary N) is 1. The molecule has 2 amide bonds. The van der Waals surface area contributed by atoms with E-state index in [-0.39, 0.29) is 0 Å². The maximum Gasteiger partial charge on any atom is 0.313 e. The second kappa shape index (κ2) is 4.06. The molecule has 0 spiro atoms. The largest absolute Gasteiger partial charge is 0.352 e. The van der Waals surface area contributed by atoms with Crippen molar-refractivity contribution in [2.75, 3.05) is 0 Å². The molecule has 1 aliphatic carbocycles. The number of primary amides is 1. The Morgan fingerprint density at radius 1 is 1.38 bits per heavy atom. The third-order valence-electron chi connectivity index (χ3n) is 2.35. The molecule has 13 heavy (non-hydrogen) atoms. The van der Waals surface area contributed by atoms with E-state index < -0.39 is 22.0 Å².